The number of aromatic nitrogens is 3. The first-order chi connectivity index (χ1) is 9.58. The van der Waals surface area contributed by atoms with Gasteiger partial charge in [0, 0.05) is 6.04 Å². The Bertz CT molecular complexity index is 541. The molecule has 0 radical (unpaired) electrons. The predicted molar refractivity (Wildman–Crippen MR) is 69.1 cm³/mol. The highest BCUT2D eigenvalue weighted by Gasteiger charge is 2.48. The van der Waals surface area contributed by atoms with Crippen LogP contribution in [0.1, 0.15) is 48.5 Å². The van der Waals surface area contributed by atoms with Crippen molar-refractivity contribution in [3.05, 3.63) is 11.6 Å². The lowest BCUT2D eigenvalue weighted by atomic mass is 9.85. The van der Waals surface area contributed by atoms with E-state index in [1.807, 2.05) is 0 Å². The molecule has 2 heterocycles. The van der Waals surface area contributed by atoms with Gasteiger partial charge in [0.2, 0.25) is 5.82 Å². The molecule has 108 valence electrons. The molecule has 7 nitrogen and oxygen atoms in total. The quantitative estimate of drug-likeness (QED) is 0.839. The Morgan fingerprint density at radius 2 is 2.10 bits per heavy atom. The lowest BCUT2D eigenvalue weighted by molar-refractivity contribution is -0.141. The molecule has 0 aromatic carbocycles. The van der Waals surface area contributed by atoms with Gasteiger partial charge in [-0.2, -0.15) is 0 Å². The summed E-state index contributed by atoms with van der Waals surface area (Å²) in [5.74, 6) is -0.371. The third kappa shape index (κ3) is 2.07. The van der Waals surface area contributed by atoms with Crippen LogP contribution in [-0.4, -0.2) is 49.1 Å². The normalized spacial score (nSPS) is 29.2. The smallest absolute Gasteiger partial charge is 0.326 e. The van der Waals surface area contributed by atoms with Gasteiger partial charge in [-0.3, -0.25) is 9.89 Å². The van der Waals surface area contributed by atoms with Crippen LogP contribution < -0.4 is 0 Å². The van der Waals surface area contributed by atoms with Crippen molar-refractivity contribution < 1.29 is 14.7 Å². The topological polar surface area (TPSA) is 99.2 Å². The summed E-state index contributed by atoms with van der Waals surface area (Å²) in [5, 5.41) is 15.9. The second-order valence-electron chi connectivity index (χ2n) is 5.66. The van der Waals surface area contributed by atoms with Crippen molar-refractivity contribution in [2.45, 2.75) is 51.1 Å². The Balaban J connectivity index is 1.90. The highest BCUT2D eigenvalue weighted by molar-refractivity contribution is 5.94. The maximum Gasteiger partial charge on any atom is 0.326 e. The maximum absolute atomic E-state index is 12.5. The number of likely N-dealkylation sites (tertiary alicyclic amines) is 1. The van der Waals surface area contributed by atoms with Gasteiger partial charge < -0.3 is 10.0 Å². The van der Waals surface area contributed by atoms with E-state index in [9.17, 15) is 14.7 Å². The number of aromatic amines is 1. The van der Waals surface area contributed by atoms with Crippen molar-refractivity contribution in [1.82, 2.24) is 20.1 Å². The molecule has 2 fully saturated rings. The molecule has 3 unspecified atom stereocenters. The van der Waals surface area contributed by atoms with E-state index < -0.39 is 12.0 Å². The minimum Gasteiger partial charge on any atom is -0.480 e. The van der Waals surface area contributed by atoms with E-state index in [0.29, 0.717) is 18.2 Å². The summed E-state index contributed by atoms with van der Waals surface area (Å²) in [5.41, 5.74) is 0. The highest BCUT2D eigenvalue weighted by Crippen LogP contribution is 2.40. The van der Waals surface area contributed by atoms with Crippen LogP contribution in [0.15, 0.2) is 0 Å². The van der Waals surface area contributed by atoms with Crippen LogP contribution in [-0.2, 0) is 4.79 Å². The van der Waals surface area contributed by atoms with E-state index in [4.69, 9.17) is 0 Å². The van der Waals surface area contributed by atoms with Crippen molar-refractivity contribution in [3.63, 3.8) is 0 Å². The summed E-state index contributed by atoms with van der Waals surface area (Å²) in [6.45, 7) is 1.71. The first kappa shape index (κ1) is 13.1. The molecule has 2 aliphatic rings. The summed E-state index contributed by atoms with van der Waals surface area (Å²) in [6.07, 6.45) is 4.60. The van der Waals surface area contributed by atoms with E-state index in [0.717, 1.165) is 25.7 Å². The van der Waals surface area contributed by atoms with Crippen molar-refractivity contribution in [2.75, 3.05) is 0 Å². The first-order valence-corrected chi connectivity index (χ1v) is 7.02. The molecule has 1 aliphatic heterocycles. The van der Waals surface area contributed by atoms with Crippen LogP contribution in [0.25, 0.3) is 0 Å². The minimum atomic E-state index is -0.931. The summed E-state index contributed by atoms with van der Waals surface area (Å²) in [6, 6.07) is -0.717. The molecule has 3 rings (SSSR count). The van der Waals surface area contributed by atoms with Gasteiger partial charge in [-0.15, -0.1) is 5.10 Å². The van der Waals surface area contributed by atoms with E-state index in [-0.39, 0.29) is 17.8 Å². The van der Waals surface area contributed by atoms with Crippen LogP contribution in [0, 0.1) is 12.8 Å². The zero-order valence-corrected chi connectivity index (χ0v) is 11.4. The molecule has 1 amide bonds. The van der Waals surface area contributed by atoms with E-state index in [2.05, 4.69) is 15.2 Å². The summed E-state index contributed by atoms with van der Waals surface area (Å²) < 4.78 is 0. The monoisotopic (exact) mass is 278 g/mol. The first-order valence-electron chi connectivity index (χ1n) is 7.02. The van der Waals surface area contributed by atoms with Crippen LogP contribution in [0.5, 0.6) is 0 Å². The Hall–Kier alpha value is -1.92. The third-order valence-corrected chi connectivity index (χ3v) is 4.40. The summed E-state index contributed by atoms with van der Waals surface area (Å²) >= 11 is 0. The zero-order chi connectivity index (χ0) is 14.3. The van der Waals surface area contributed by atoms with Crippen LogP contribution >= 0.6 is 0 Å². The Labute approximate surface area is 116 Å². The fourth-order valence-electron chi connectivity index (χ4n) is 3.53. The number of amides is 1. The predicted octanol–water partition coefficient (Wildman–Crippen LogP) is 0.971. The van der Waals surface area contributed by atoms with Crippen LogP contribution in [0.2, 0.25) is 0 Å². The molecule has 1 aromatic heterocycles. The SMILES string of the molecule is Cc1nc(C(=O)N2C(C(=O)O)CC3CCCCC32)n[nH]1. The van der Waals surface area contributed by atoms with Gasteiger partial charge in [0.15, 0.2) is 0 Å². The molecule has 1 saturated carbocycles. The number of rotatable bonds is 2. The molecule has 0 spiro atoms. The molecule has 7 heteroatoms. The molecule has 1 aliphatic carbocycles. The lowest BCUT2D eigenvalue weighted by Gasteiger charge is -2.32. The fraction of sp³-hybridized carbons (Fsp3) is 0.692. The van der Waals surface area contributed by atoms with Crippen molar-refractivity contribution in [2.24, 2.45) is 5.92 Å². The minimum absolute atomic E-state index is 0.0242. The molecule has 0 bridgehead atoms. The van der Waals surface area contributed by atoms with Gasteiger partial charge in [-0.1, -0.05) is 12.8 Å². The van der Waals surface area contributed by atoms with Crippen molar-refractivity contribution in [3.8, 4) is 0 Å². The number of aliphatic carboxylic acids is 1. The van der Waals surface area contributed by atoms with Gasteiger partial charge in [0.25, 0.3) is 5.91 Å². The standard InChI is InChI=1S/C13H18N4O3/c1-7-14-11(16-15-7)12(18)17-9-5-3-2-4-8(9)6-10(17)13(19)20/h8-10H,2-6H2,1H3,(H,19,20)(H,14,15,16). The molecule has 2 N–H and O–H groups in total. The van der Waals surface area contributed by atoms with Gasteiger partial charge in [-0.05, 0) is 32.1 Å². The van der Waals surface area contributed by atoms with E-state index in [1.165, 1.54) is 4.90 Å². The fourth-order valence-corrected chi connectivity index (χ4v) is 3.53. The number of H-pyrrole nitrogens is 1. The number of nitrogens with zero attached hydrogens (tertiary/aromatic N) is 3. The molecular formula is C13H18N4O3. The van der Waals surface area contributed by atoms with E-state index >= 15 is 0 Å². The number of carboxylic acid groups (broad SMARTS) is 1. The number of hydrogen-bond acceptors (Lipinski definition) is 4. The molecule has 3 atom stereocenters. The number of carboxylic acids is 1. The average Bonchev–Trinajstić information content (AvgIpc) is 3.01. The molecule has 1 saturated heterocycles. The van der Waals surface area contributed by atoms with Gasteiger partial charge >= 0.3 is 5.97 Å². The van der Waals surface area contributed by atoms with Crippen molar-refractivity contribution in [1.29, 1.82) is 0 Å². The van der Waals surface area contributed by atoms with Crippen LogP contribution in [0.3, 0.4) is 0 Å². The van der Waals surface area contributed by atoms with Crippen molar-refractivity contribution >= 4 is 11.9 Å². The molecule has 20 heavy (non-hydrogen) atoms. The van der Waals surface area contributed by atoms with Gasteiger partial charge in [0.05, 0.1) is 0 Å². The summed E-state index contributed by atoms with van der Waals surface area (Å²) in [7, 11) is 0. The maximum atomic E-state index is 12.5. The number of aryl methyl sites for hydroxylation is 1. The van der Waals surface area contributed by atoms with Gasteiger partial charge in [-0.25, -0.2) is 9.78 Å². The Kier molecular flexibility index (Phi) is 3.19. The number of hydrogen-bond donors (Lipinski definition) is 2. The highest BCUT2D eigenvalue weighted by atomic mass is 16.4. The van der Waals surface area contributed by atoms with E-state index in [1.54, 1.807) is 6.92 Å². The summed E-state index contributed by atoms with van der Waals surface area (Å²) in [4.78, 5) is 29.5. The Morgan fingerprint density at radius 3 is 2.75 bits per heavy atom. The average molecular weight is 278 g/mol. The largest absolute Gasteiger partial charge is 0.480 e. The number of carbonyl (C=O) groups excluding carboxylic acids is 1. The van der Waals surface area contributed by atoms with Gasteiger partial charge in [0.1, 0.15) is 11.9 Å². The third-order valence-electron chi connectivity index (χ3n) is 4.40. The second kappa shape index (κ2) is 4.88. The van der Waals surface area contributed by atoms with Crippen LogP contribution in [0.4, 0.5) is 0 Å². The number of carbonyl (C=O) groups is 2. The second-order valence-corrected chi connectivity index (χ2v) is 5.66. The molecule has 1 aromatic rings. The zero-order valence-electron chi connectivity index (χ0n) is 11.4. The number of fused-ring (bicyclic) bond motifs is 1. The lowest BCUT2D eigenvalue weighted by Crippen LogP contribution is -2.46. The molecular weight excluding hydrogens is 260 g/mol. The Morgan fingerprint density at radius 1 is 1.35 bits per heavy atom. The number of nitrogens with one attached hydrogen (secondary N) is 1.